The van der Waals surface area contributed by atoms with Gasteiger partial charge < -0.3 is 16.2 Å². The van der Waals surface area contributed by atoms with Gasteiger partial charge in [0.25, 0.3) is 0 Å². The molecule has 7 nitrogen and oxygen atoms in total. The molecule has 0 atom stereocenters. The predicted octanol–water partition coefficient (Wildman–Crippen LogP) is 0.169. The second-order valence-corrected chi connectivity index (χ2v) is 4.62. The first-order valence-corrected chi connectivity index (χ1v) is 6.46. The third kappa shape index (κ3) is 5.31. The van der Waals surface area contributed by atoms with E-state index in [9.17, 15) is 4.79 Å². The first-order chi connectivity index (χ1) is 9.56. The summed E-state index contributed by atoms with van der Waals surface area (Å²) in [6.07, 6.45) is 5.87. The number of likely N-dealkylation sites (tertiary alicyclic amines) is 1. The van der Waals surface area contributed by atoms with Crippen molar-refractivity contribution in [2.75, 3.05) is 26.7 Å². The van der Waals surface area contributed by atoms with Crippen molar-refractivity contribution in [3.05, 3.63) is 11.3 Å². The molecule has 1 fully saturated rings. The number of nitrogens with two attached hydrogens (primary N) is 1. The summed E-state index contributed by atoms with van der Waals surface area (Å²) in [7, 11) is 1.61. The van der Waals surface area contributed by atoms with E-state index in [4.69, 9.17) is 16.2 Å². The van der Waals surface area contributed by atoms with E-state index in [1.807, 2.05) is 4.90 Å². The molecule has 0 amide bonds. The van der Waals surface area contributed by atoms with E-state index in [1.54, 1.807) is 13.3 Å². The average molecular weight is 279 g/mol. The van der Waals surface area contributed by atoms with Crippen LogP contribution in [0.3, 0.4) is 0 Å². The van der Waals surface area contributed by atoms with Crippen molar-refractivity contribution in [2.24, 2.45) is 15.7 Å². The molecule has 0 radical (unpaired) electrons. The van der Waals surface area contributed by atoms with Crippen LogP contribution >= 0.6 is 0 Å². The Balaban J connectivity index is 2.54. The summed E-state index contributed by atoms with van der Waals surface area (Å²) in [5.41, 5.74) is 6.69. The molecule has 1 aliphatic rings. The minimum Gasteiger partial charge on any atom is -0.480 e. The second-order valence-electron chi connectivity index (χ2n) is 4.62. The van der Waals surface area contributed by atoms with E-state index in [1.165, 1.54) is 6.21 Å². The number of aliphatic imine (C=N–C) groups is 2. The Kier molecular flexibility index (Phi) is 6.58. The quantitative estimate of drug-likeness (QED) is 0.601. The Morgan fingerprint density at radius 3 is 2.60 bits per heavy atom. The molecule has 20 heavy (non-hydrogen) atoms. The van der Waals surface area contributed by atoms with Gasteiger partial charge in [-0.3, -0.25) is 19.7 Å². The van der Waals surface area contributed by atoms with Crippen molar-refractivity contribution < 1.29 is 9.90 Å². The number of allylic oxidation sites excluding steroid dienone is 2. The van der Waals surface area contributed by atoms with Gasteiger partial charge in [-0.05, 0) is 12.8 Å². The summed E-state index contributed by atoms with van der Waals surface area (Å²) in [6, 6.07) is 0.154. The topological polar surface area (TPSA) is 115 Å². The van der Waals surface area contributed by atoms with Gasteiger partial charge in [0.2, 0.25) is 0 Å². The van der Waals surface area contributed by atoms with Crippen molar-refractivity contribution in [3.8, 4) is 0 Å². The molecule has 0 bridgehead atoms. The van der Waals surface area contributed by atoms with Crippen LogP contribution in [0.2, 0.25) is 0 Å². The number of rotatable bonds is 6. The van der Waals surface area contributed by atoms with Crippen LogP contribution in [0.4, 0.5) is 0 Å². The zero-order valence-electron chi connectivity index (χ0n) is 11.6. The Bertz CT molecular complexity index is 434. The van der Waals surface area contributed by atoms with E-state index < -0.39 is 5.97 Å². The lowest BCUT2D eigenvalue weighted by atomic mass is 10.1. The fraction of sp³-hybridized carbons (Fsp3) is 0.538. The summed E-state index contributed by atoms with van der Waals surface area (Å²) in [5, 5.41) is 16.0. The standard InChI is InChI=1S/C13H21N5O2/c1-16-8-12(15)10(6-14)7-17-11-2-4-18(5-3-11)9-13(19)20/h6-8,11,14H,2-5,9,15H2,1H3,(H,19,20). The van der Waals surface area contributed by atoms with E-state index in [-0.39, 0.29) is 12.6 Å². The van der Waals surface area contributed by atoms with Gasteiger partial charge in [0, 0.05) is 44.4 Å². The zero-order chi connectivity index (χ0) is 15.0. The SMILES string of the molecule is CN=CC(N)=C(C=N)C=NC1CCN(CC(=O)O)CC1. The third-order valence-electron chi connectivity index (χ3n) is 3.10. The van der Waals surface area contributed by atoms with Crippen molar-refractivity contribution in [2.45, 2.75) is 18.9 Å². The Morgan fingerprint density at radius 2 is 2.10 bits per heavy atom. The number of hydrogen-bond acceptors (Lipinski definition) is 6. The first-order valence-electron chi connectivity index (χ1n) is 6.46. The summed E-state index contributed by atoms with van der Waals surface area (Å²) in [4.78, 5) is 20.7. The van der Waals surface area contributed by atoms with Gasteiger partial charge in [0.15, 0.2) is 0 Å². The minimum atomic E-state index is -0.799. The average Bonchev–Trinajstić information content (AvgIpc) is 2.41. The smallest absolute Gasteiger partial charge is 0.317 e. The van der Waals surface area contributed by atoms with Gasteiger partial charge in [-0.1, -0.05) is 0 Å². The van der Waals surface area contributed by atoms with Crippen LogP contribution in [-0.4, -0.2) is 67.3 Å². The van der Waals surface area contributed by atoms with Crippen LogP contribution in [0.1, 0.15) is 12.8 Å². The minimum absolute atomic E-state index is 0.0853. The van der Waals surface area contributed by atoms with Crippen molar-refractivity contribution >= 4 is 24.6 Å². The van der Waals surface area contributed by atoms with E-state index in [2.05, 4.69) is 9.98 Å². The van der Waals surface area contributed by atoms with Crippen molar-refractivity contribution in [3.63, 3.8) is 0 Å². The molecule has 7 heteroatoms. The lowest BCUT2D eigenvalue weighted by Gasteiger charge is -2.28. The highest BCUT2D eigenvalue weighted by Crippen LogP contribution is 2.13. The Hall–Kier alpha value is -2.02. The van der Waals surface area contributed by atoms with Crippen LogP contribution < -0.4 is 5.73 Å². The zero-order valence-corrected chi connectivity index (χ0v) is 11.6. The summed E-state index contributed by atoms with van der Waals surface area (Å²) >= 11 is 0. The number of nitrogens with zero attached hydrogens (tertiary/aromatic N) is 3. The van der Waals surface area contributed by atoms with Crippen LogP contribution in [-0.2, 0) is 4.79 Å². The number of aliphatic carboxylic acids is 1. The summed E-state index contributed by atoms with van der Waals surface area (Å²) in [5.74, 6) is -0.799. The highest BCUT2D eigenvalue weighted by Gasteiger charge is 2.19. The maximum atomic E-state index is 10.6. The van der Waals surface area contributed by atoms with Gasteiger partial charge in [0.05, 0.1) is 18.3 Å². The molecule has 0 aliphatic carbocycles. The van der Waals surface area contributed by atoms with Gasteiger partial charge in [-0.15, -0.1) is 0 Å². The van der Waals surface area contributed by atoms with E-state index >= 15 is 0 Å². The predicted molar refractivity (Wildman–Crippen MR) is 80.0 cm³/mol. The lowest BCUT2D eigenvalue weighted by molar-refractivity contribution is -0.138. The molecular formula is C13H21N5O2. The highest BCUT2D eigenvalue weighted by molar-refractivity contribution is 6.08. The van der Waals surface area contributed by atoms with Crippen LogP contribution in [0.25, 0.3) is 0 Å². The fourth-order valence-electron chi connectivity index (χ4n) is 2.01. The number of carbonyl (C=O) groups is 1. The maximum absolute atomic E-state index is 10.6. The molecule has 1 heterocycles. The number of carboxylic acids is 1. The highest BCUT2D eigenvalue weighted by atomic mass is 16.4. The molecule has 0 unspecified atom stereocenters. The molecule has 1 saturated heterocycles. The van der Waals surface area contributed by atoms with Crippen LogP contribution in [0, 0.1) is 5.41 Å². The van der Waals surface area contributed by atoms with Crippen LogP contribution in [0.15, 0.2) is 21.3 Å². The molecular weight excluding hydrogens is 258 g/mol. The normalized spacial score (nSPS) is 19.4. The van der Waals surface area contributed by atoms with E-state index in [0.29, 0.717) is 11.3 Å². The largest absolute Gasteiger partial charge is 0.480 e. The number of hydrogen-bond donors (Lipinski definition) is 3. The molecule has 0 saturated carbocycles. The molecule has 1 aliphatic heterocycles. The number of carboxylic acid groups (broad SMARTS) is 1. The monoisotopic (exact) mass is 279 g/mol. The van der Waals surface area contributed by atoms with Gasteiger partial charge in [-0.2, -0.15) is 0 Å². The Morgan fingerprint density at radius 1 is 1.45 bits per heavy atom. The summed E-state index contributed by atoms with van der Waals surface area (Å²) < 4.78 is 0. The number of piperidine rings is 1. The summed E-state index contributed by atoms with van der Waals surface area (Å²) in [6.45, 7) is 1.54. The van der Waals surface area contributed by atoms with Gasteiger partial charge >= 0.3 is 5.97 Å². The molecule has 0 aromatic heterocycles. The van der Waals surface area contributed by atoms with Crippen LogP contribution in [0.5, 0.6) is 0 Å². The molecule has 0 aromatic rings. The van der Waals surface area contributed by atoms with Crippen molar-refractivity contribution in [1.82, 2.24) is 4.90 Å². The lowest BCUT2D eigenvalue weighted by Crippen LogP contribution is -2.38. The fourth-order valence-corrected chi connectivity index (χ4v) is 2.01. The van der Waals surface area contributed by atoms with Gasteiger partial charge in [0.1, 0.15) is 0 Å². The third-order valence-corrected chi connectivity index (χ3v) is 3.10. The maximum Gasteiger partial charge on any atom is 0.317 e. The van der Waals surface area contributed by atoms with Crippen molar-refractivity contribution in [1.29, 1.82) is 5.41 Å². The molecule has 4 N–H and O–H groups in total. The van der Waals surface area contributed by atoms with E-state index in [0.717, 1.165) is 32.1 Å². The second kappa shape index (κ2) is 8.21. The van der Waals surface area contributed by atoms with Gasteiger partial charge in [-0.25, -0.2) is 0 Å². The Labute approximate surface area is 118 Å². The molecule has 0 aromatic carbocycles. The molecule has 0 spiro atoms. The number of nitrogens with one attached hydrogen (secondary N) is 1. The first kappa shape index (κ1) is 16.0. The molecule has 1 rings (SSSR count). The molecule has 110 valence electrons.